The largest absolute Gasteiger partial charge is 0.508 e. The predicted octanol–water partition coefficient (Wildman–Crippen LogP) is 2.28. The van der Waals surface area contributed by atoms with Crippen molar-refractivity contribution >= 4 is 5.69 Å². The van der Waals surface area contributed by atoms with Crippen LogP contribution in [0.4, 0.5) is 5.69 Å². The maximum absolute atomic E-state index is 12.6. The van der Waals surface area contributed by atoms with Crippen molar-refractivity contribution in [2.45, 2.75) is 19.5 Å². The lowest BCUT2D eigenvalue weighted by atomic mass is 10.1. The second kappa shape index (κ2) is 6.65. The van der Waals surface area contributed by atoms with E-state index in [0.717, 1.165) is 41.9 Å². The molecule has 0 spiro atoms. The summed E-state index contributed by atoms with van der Waals surface area (Å²) in [4.78, 5) is 22.4. The quantitative estimate of drug-likeness (QED) is 0.631. The summed E-state index contributed by atoms with van der Waals surface area (Å²) < 4.78 is 0. The van der Waals surface area contributed by atoms with Gasteiger partial charge in [0.05, 0.1) is 11.3 Å². The highest BCUT2D eigenvalue weighted by Gasteiger charge is 2.21. The van der Waals surface area contributed by atoms with Gasteiger partial charge in [0.2, 0.25) is 0 Å². The Hall–Kier alpha value is -3.12. The molecule has 4 rings (SSSR count). The third-order valence-electron chi connectivity index (χ3n) is 4.67. The van der Waals surface area contributed by atoms with Gasteiger partial charge in [-0.15, -0.1) is 0 Å². The van der Waals surface area contributed by atoms with E-state index in [1.807, 2.05) is 24.3 Å². The zero-order valence-electron chi connectivity index (χ0n) is 14.3. The first kappa shape index (κ1) is 16.4. The van der Waals surface area contributed by atoms with Crippen LogP contribution >= 0.6 is 0 Å². The number of anilines is 1. The molecule has 6 heteroatoms. The minimum absolute atomic E-state index is 0.0859. The molecule has 1 aromatic heterocycles. The Bertz CT molecular complexity index is 978. The van der Waals surface area contributed by atoms with Crippen LogP contribution in [0.5, 0.6) is 5.75 Å². The van der Waals surface area contributed by atoms with E-state index in [1.54, 1.807) is 24.3 Å². The Morgan fingerprint density at radius 2 is 1.85 bits per heavy atom. The van der Waals surface area contributed by atoms with Gasteiger partial charge in [0.15, 0.2) is 0 Å². The Labute approximate surface area is 150 Å². The summed E-state index contributed by atoms with van der Waals surface area (Å²) in [6.45, 7) is 2.14. The number of nitrogen functional groups attached to an aromatic ring is 1. The first-order valence-corrected chi connectivity index (χ1v) is 8.57. The Morgan fingerprint density at radius 1 is 1.12 bits per heavy atom. The van der Waals surface area contributed by atoms with Gasteiger partial charge in [-0.25, -0.2) is 4.98 Å². The average Bonchev–Trinajstić information content (AvgIpc) is 2.64. The van der Waals surface area contributed by atoms with Crippen LogP contribution in [0.25, 0.3) is 11.4 Å². The lowest BCUT2D eigenvalue weighted by molar-refractivity contribution is 0.242. The van der Waals surface area contributed by atoms with Crippen molar-refractivity contribution in [1.29, 1.82) is 0 Å². The Kier molecular flexibility index (Phi) is 4.18. The molecule has 4 N–H and O–H groups in total. The van der Waals surface area contributed by atoms with Crippen molar-refractivity contribution in [1.82, 2.24) is 14.9 Å². The molecule has 1 aliphatic heterocycles. The van der Waals surface area contributed by atoms with E-state index in [2.05, 4.69) is 14.9 Å². The monoisotopic (exact) mass is 348 g/mol. The fraction of sp³-hybridized carbons (Fsp3) is 0.200. The van der Waals surface area contributed by atoms with E-state index < -0.39 is 0 Å². The summed E-state index contributed by atoms with van der Waals surface area (Å²) in [5.74, 6) is 0.842. The minimum atomic E-state index is -0.0859. The summed E-state index contributed by atoms with van der Waals surface area (Å²) in [5.41, 5.74) is 9.87. The molecule has 6 nitrogen and oxygen atoms in total. The third kappa shape index (κ3) is 3.32. The van der Waals surface area contributed by atoms with Gasteiger partial charge in [-0.3, -0.25) is 9.69 Å². The first-order valence-electron chi connectivity index (χ1n) is 8.57. The number of aromatic nitrogens is 2. The van der Waals surface area contributed by atoms with Gasteiger partial charge in [0, 0.05) is 37.3 Å². The van der Waals surface area contributed by atoms with Gasteiger partial charge in [0.25, 0.3) is 5.56 Å². The number of phenols is 1. The number of rotatable bonds is 3. The van der Waals surface area contributed by atoms with Crippen molar-refractivity contribution in [2.75, 3.05) is 12.3 Å². The molecule has 0 amide bonds. The molecule has 0 fully saturated rings. The Balaban J connectivity index is 1.57. The lowest BCUT2D eigenvalue weighted by Gasteiger charge is -2.27. The molecule has 0 unspecified atom stereocenters. The summed E-state index contributed by atoms with van der Waals surface area (Å²) in [5, 5.41) is 9.39. The zero-order valence-corrected chi connectivity index (χ0v) is 14.3. The molecule has 0 saturated carbocycles. The summed E-state index contributed by atoms with van der Waals surface area (Å²) >= 11 is 0. The van der Waals surface area contributed by atoms with Crippen molar-refractivity contribution in [2.24, 2.45) is 0 Å². The fourth-order valence-corrected chi connectivity index (χ4v) is 3.25. The van der Waals surface area contributed by atoms with Gasteiger partial charge in [-0.05, 0) is 42.0 Å². The molecule has 2 aromatic carbocycles. The number of phenolic OH excluding ortho intramolecular Hbond substituents is 1. The molecule has 26 heavy (non-hydrogen) atoms. The number of nitrogens with zero attached hydrogens (tertiary/aromatic N) is 2. The van der Waals surface area contributed by atoms with Gasteiger partial charge >= 0.3 is 0 Å². The van der Waals surface area contributed by atoms with Crippen LogP contribution in [0, 0.1) is 0 Å². The highest BCUT2D eigenvalue weighted by atomic mass is 16.3. The van der Waals surface area contributed by atoms with Crippen molar-refractivity contribution in [3.05, 3.63) is 75.7 Å². The number of H-pyrrole nitrogens is 1. The van der Waals surface area contributed by atoms with Crippen molar-refractivity contribution in [3.8, 4) is 17.1 Å². The molecular formula is C20H20N4O2. The van der Waals surface area contributed by atoms with E-state index in [4.69, 9.17) is 5.73 Å². The molecule has 0 radical (unpaired) electrons. The first-order chi connectivity index (χ1) is 12.6. The van der Waals surface area contributed by atoms with Crippen LogP contribution in [-0.4, -0.2) is 26.5 Å². The van der Waals surface area contributed by atoms with Crippen LogP contribution in [0.1, 0.15) is 16.8 Å². The summed E-state index contributed by atoms with van der Waals surface area (Å²) in [6.07, 6.45) is 0.735. The topological polar surface area (TPSA) is 95.2 Å². The predicted molar refractivity (Wildman–Crippen MR) is 101 cm³/mol. The summed E-state index contributed by atoms with van der Waals surface area (Å²) in [6, 6.07) is 14.5. The van der Waals surface area contributed by atoms with Crippen molar-refractivity contribution < 1.29 is 5.11 Å². The molecule has 0 aliphatic carbocycles. The number of fused-ring (bicyclic) bond motifs is 1. The normalized spacial score (nSPS) is 14.2. The third-order valence-corrected chi connectivity index (χ3v) is 4.67. The van der Waals surface area contributed by atoms with Crippen LogP contribution < -0.4 is 11.3 Å². The smallest absolute Gasteiger partial charge is 0.255 e. The van der Waals surface area contributed by atoms with Gasteiger partial charge in [0.1, 0.15) is 11.6 Å². The molecule has 2 heterocycles. The van der Waals surface area contributed by atoms with E-state index in [0.29, 0.717) is 18.1 Å². The second-order valence-electron chi connectivity index (χ2n) is 6.59. The molecule has 1 aliphatic rings. The molecule has 0 saturated heterocycles. The SMILES string of the molecule is Nc1ccc(-c2nc3c(c(=O)[nH]2)CN(Cc2ccc(O)cc2)CC3)cc1. The maximum Gasteiger partial charge on any atom is 0.255 e. The van der Waals surface area contributed by atoms with Crippen LogP contribution in [0.3, 0.4) is 0 Å². The van der Waals surface area contributed by atoms with Crippen LogP contribution in [-0.2, 0) is 19.5 Å². The molecule has 3 aromatic rings. The van der Waals surface area contributed by atoms with E-state index >= 15 is 0 Å². The summed E-state index contributed by atoms with van der Waals surface area (Å²) in [7, 11) is 0. The van der Waals surface area contributed by atoms with Crippen molar-refractivity contribution in [3.63, 3.8) is 0 Å². The van der Waals surface area contributed by atoms with Crippen LogP contribution in [0.15, 0.2) is 53.3 Å². The number of aromatic amines is 1. The zero-order chi connectivity index (χ0) is 18.1. The lowest BCUT2D eigenvalue weighted by Crippen LogP contribution is -2.35. The number of aromatic hydroxyl groups is 1. The molecular weight excluding hydrogens is 328 g/mol. The Morgan fingerprint density at radius 3 is 2.58 bits per heavy atom. The highest BCUT2D eigenvalue weighted by molar-refractivity contribution is 5.58. The van der Waals surface area contributed by atoms with E-state index in [-0.39, 0.29) is 11.3 Å². The van der Waals surface area contributed by atoms with Gasteiger partial charge in [-0.1, -0.05) is 12.1 Å². The number of hydrogen-bond donors (Lipinski definition) is 3. The van der Waals surface area contributed by atoms with Crippen LogP contribution in [0.2, 0.25) is 0 Å². The average molecular weight is 348 g/mol. The highest BCUT2D eigenvalue weighted by Crippen LogP contribution is 2.21. The van der Waals surface area contributed by atoms with E-state index in [1.165, 1.54) is 0 Å². The standard InChI is InChI=1S/C20H20N4O2/c21-15-5-3-14(4-6-15)19-22-18-9-10-24(12-17(18)20(26)23-19)11-13-1-7-16(25)8-2-13/h1-8,25H,9-12,21H2,(H,22,23,26). The van der Waals surface area contributed by atoms with Gasteiger partial charge in [-0.2, -0.15) is 0 Å². The minimum Gasteiger partial charge on any atom is -0.508 e. The number of nitrogens with two attached hydrogens (primary N) is 1. The number of benzene rings is 2. The second-order valence-corrected chi connectivity index (χ2v) is 6.59. The van der Waals surface area contributed by atoms with E-state index in [9.17, 15) is 9.90 Å². The number of nitrogens with one attached hydrogen (secondary N) is 1. The fourth-order valence-electron chi connectivity index (χ4n) is 3.25. The molecule has 0 atom stereocenters. The maximum atomic E-state index is 12.6. The molecule has 0 bridgehead atoms. The van der Waals surface area contributed by atoms with Gasteiger partial charge < -0.3 is 15.8 Å². The molecule has 132 valence electrons. The number of hydrogen-bond acceptors (Lipinski definition) is 5.